The summed E-state index contributed by atoms with van der Waals surface area (Å²) < 4.78 is 4.21. The Morgan fingerprint density at radius 2 is 2.20 bits per heavy atom. The van der Waals surface area contributed by atoms with E-state index >= 15 is 0 Å². The summed E-state index contributed by atoms with van der Waals surface area (Å²) >= 11 is 0. The van der Waals surface area contributed by atoms with Gasteiger partial charge in [-0.15, -0.1) is 0 Å². The molecule has 0 spiro atoms. The van der Waals surface area contributed by atoms with Crippen molar-refractivity contribution in [1.29, 1.82) is 0 Å². The standard InChI is InChI=1S/C6H8O4/c1-10-6(9)4-2-3-5(7)8/h2,4H,3H2,1H3,(H,7,8)/b4-2+. The first-order valence-corrected chi connectivity index (χ1v) is 2.63. The van der Waals surface area contributed by atoms with Crippen LogP contribution in [0.5, 0.6) is 0 Å². The zero-order valence-electron chi connectivity index (χ0n) is 5.53. The monoisotopic (exact) mass is 144 g/mol. The Balaban J connectivity index is 3.56. The zero-order chi connectivity index (χ0) is 7.98. The van der Waals surface area contributed by atoms with E-state index in [1.807, 2.05) is 0 Å². The van der Waals surface area contributed by atoms with E-state index in [1.54, 1.807) is 0 Å². The molecule has 0 unspecified atom stereocenters. The largest absolute Gasteiger partial charge is 0.481 e. The van der Waals surface area contributed by atoms with Crippen LogP contribution in [0.15, 0.2) is 12.2 Å². The molecule has 0 aliphatic carbocycles. The van der Waals surface area contributed by atoms with E-state index in [0.29, 0.717) is 0 Å². The predicted octanol–water partition coefficient (Wildman–Crippen LogP) is 0.190. The summed E-state index contributed by atoms with van der Waals surface area (Å²) in [5.74, 6) is -1.51. The number of esters is 1. The Morgan fingerprint density at radius 3 is 2.60 bits per heavy atom. The molecule has 0 bridgehead atoms. The van der Waals surface area contributed by atoms with Gasteiger partial charge in [-0.05, 0) is 0 Å². The van der Waals surface area contributed by atoms with Gasteiger partial charge in [0.15, 0.2) is 0 Å². The molecule has 0 heterocycles. The quantitative estimate of drug-likeness (QED) is 0.453. The summed E-state index contributed by atoms with van der Waals surface area (Å²) in [4.78, 5) is 20.2. The molecule has 0 aromatic heterocycles. The molecule has 1 N–H and O–H groups in total. The van der Waals surface area contributed by atoms with Gasteiger partial charge in [-0.2, -0.15) is 0 Å². The van der Waals surface area contributed by atoms with Gasteiger partial charge in [0.1, 0.15) is 0 Å². The van der Waals surface area contributed by atoms with Crippen LogP contribution < -0.4 is 0 Å². The molecule has 10 heavy (non-hydrogen) atoms. The summed E-state index contributed by atoms with van der Waals surface area (Å²) in [5, 5.41) is 8.10. The third-order valence-electron chi connectivity index (χ3n) is 0.748. The van der Waals surface area contributed by atoms with Gasteiger partial charge in [0.05, 0.1) is 13.5 Å². The second kappa shape index (κ2) is 4.55. The second-order valence-electron chi connectivity index (χ2n) is 1.52. The van der Waals surface area contributed by atoms with Crippen LogP contribution in [0.3, 0.4) is 0 Å². The van der Waals surface area contributed by atoms with Gasteiger partial charge in [0.2, 0.25) is 0 Å². The van der Waals surface area contributed by atoms with Crippen LogP contribution in [0, 0.1) is 0 Å². The number of carboxylic acids is 1. The maximum absolute atomic E-state index is 10.3. The van der Waals surface area contributed by atoms with Crippen molar-refractivity contribution in [2.45, 2.75) is 6.42 Å². The van der Waals surface area contributed by atoms with Crippen LogP contribution >= 0.6 is 0 Å². The van der Waals surface area contributed by atoms with Gasteiger partial charge in [-0.25, -0.2) is 4.79 Å². The number of rotatable bonds is 3. The molecule has 4 nitrogen and oxygen atoms in total. The summed E-state index contributed by atoms with van der Waals surface area (Å²) in [7, 11) is 1.23. The molecule has 0 aliphatic heterocycles. The minimum Gasteiger partial charge on any atom is -0.481 e. The van der Waals surface area contributed by atoms with Crippen LogP contribution in [0.2, 0.25) is 0 Å². The van der Waals surface area contributed by atoms with Crippen LogP contribution in [0.4, 0.5) is 0 Å². The maximum atomic E-state index is 10.3. The lowest BCUT2D eigenvalue weighted by molar-refractivity contribution is -0.136. The topological polar surface area (TPSA) is 63.6 Å². The van der Waals surface area contributed by atoms with E-state index in [-0.39, 0.29) is 6.42 Å². The third-order valence-corrected chi connectivity index (χ3v) is 0.748. The molecule has 0 saturated heterocycles. The van der Waals surface area contributed by atoms with Crippen molar-refractivity contribution >= 4 is 11.9 Å². The molecule has 0 radical (unpaired) electrons. The Kier molecular flexibility index (Phi) is 3.95. The normalized spacial score (nSPS) is 9.70. The molecule has 0 atom stereocenters. The number of aliphatic carboxylic acids is 1. The van der Waals surface area contributed by atoms with Gasteiger partial charge in [0, 0.05) is 6.08 Å². The minimum absolute atomic E-state index is 0.158. The lowest BCUT2D eigenvalue weighted by Gasteiger charge is -1.87. The van der Waals surface area contributed by atoms with Crippen LogP contribution in [0.25, 0.3) is 0 Å². The summed E-state index contributed by atoms with van der Waals surface area (Å²) in [6.45, 7) is 0. The number of carboxylic acid groups (broad SMARTS) is 1. The van der Waals surface area contributed by atoms with Gasteiger partial charge in [-0.3, -0.25) is 4.79 Å². The number of methoxy groups -OCH3 is 1. The number of carbonyl (C=O) groups excluding carboxylic acids is 1. The smallest absolute Gasteiger partial charge is 0.330 e. The molecular weight excluding hydrogens is 136 g/mol. The Bertz CT molecular complexity index is 159. The van der Waals surface area contributed by atoms with Crippen molar-refractivity contribution in [3.63, 3.8) is 0 Å². The van der Waals surface area contributed by atoms with Crippen molar-refractivity contribution in [3.8, 4) is 0 Å². The molecule has 0 saturated carbocycles. The number of hydrogen-bond acceptors (Lipinski definition) is 3. The lowest BCUT2D eigenvalue weighted by atomic mass is 10.4. The highest BCUT2D eigenvalue weighted by atomic mass is 16.5. The Hall–Kier alpha value is -1.32. The lowest BCUT2D eigenvalue weighted by Crippen LogP contribution is -1.95. The molecular formula is C6H8O4. The van der Waals surface area contributed by atoms with E-state index < -0.39 is 11.9 Å². The molecule has 0 aromatic carbocycles. The highest BCUT2D eigenvalue weighted by molar-refractivity contribution is 5.82. The van der Waals surface area contributed by atoms with E-state index in [2.05, 4.69) is 4.74 Å². The number of carbonyl (C=O) groups is 2. The van der Waals surface area contributed by atoms with Crippen molar-refractivity contribution in [1.82, 2.24) is 0 Å². The SMILES string of the molecule is COC(=O)/C=C/CC(=O)O. The molecule has 0 rings (SSSR count). The minimum atomic E-state index is -0.972. The number of ether oxygens (including phenoxy) is 1. The molecule has 0 amide bonds. The van der Waals surface area contributed by atoms with E-state index in [9.17, 15) is 9.59 Å². The molecule has 0 fully saturated rings. The fourth-order valence-corrected chi connectivity index (χ4v) is 0.324. The highest BCUT2D eigenvalue weighted by Crippen LogP contribution is 1.83. The van der Waals surface area contributed by atoms with Gasteiger partial charge < -0.3 is 9.84 Å². The van der Waals surface area contributed by atoms with Crippen LogP contribution in [-0.4, -0.2) is 24.2 Å². The van der Waals surface area contributed by atoms with Crippen LogP contribution in [-0.2, 0) is 14.3 Å². The van der Waals surface area contributed by atoms with Crippen molar-refractivity contribution in [3.05, 3.63) is 12.2 Å². The van der Waals surface area contributed by atoms with Gasteiger partial charge >= 0.3 is 11.9 Å². The fourth-order valence-electron chi connectivity index (χ4n) is 0.324. The summed E-state index contributed by atoms with van der Waals surface area (Å²) in [6.07, 6.45) is 2.15. The first kappa shape index (κ1) is 8.68. The van der Waals surface area contributed by atoms with E-state index in [0.717, 1.165) is 6.08 Å². The Morgan fingerprint density at radius 1 is 1.60 bits per heavy atom. The van der Waals surface area contributed by atoms with Crippen LogP contribution in [0.1, 0.15) is 6.42 Å². The maximum Gasteiger partial charge on any atom is 0.330 e. The third kappa shape index (κ3) is 4.83. The number of hydrogen-bond donors (Lipinski definition) is 1. The van der Waals surface area contributed by atoms with Crippen molar-refractivity contribution < 1.29 is 19.4 Å². The van der Waals surface area contributed by atoms with E-state index in [4.69, 9.17) is 5.11 Å². The fraction of sp³-hybridized carbons (Fsp3) is 0.333. The molecule has 56 valence electrons. The molecule has 0 aliphatic rings. The summed E-state index contributed by atoms with van der Waals surface area (Å²) in [5.41, 5.74) is 0. The van der Waals surface area contributed by atoms with Crippen molar-refractivity contribution in [2.75, 3.05) is 7.11 Å². The highest BCUT2D eigenvalue weighted by Gasteiger charge is 1.92. The van der Waals surface area contributed by atoms with Gasteiger partial charge in [0.25, 0.3) is 0 Å². The average molecular weight is 144 g/mol. The molecule has 4 heteroatoms. The summed E-state index contributed by atoms with van der Waals surface area (Å²) in [6, 6.07) is 0. The second-order valence-corrected chi connectivity index (χ2v) is 1.52. The zero-order valence-corrected chi connectivity index (χ0v) is 5.53. The Labute approximate surface area is 58.1 Å². The average Bonchev–Trinajstić information content (AvgIpc) is 1.87. The predicted molar refractivity (Wildman–Crippen MR) is 33.4 cm³/mol. The van der Waals surface area contributed by atoms with Gasteiger partial charge in [-0.1, -0.05) is 6.08 Å². The van der Waals surface area contributed by atoms with E-state index in [1.165, 1.54) is 13.2 Å². The first-order valence-electron chi connectivity index (χ1n) is 2.63. The van der Waals surface area contributed by atoms with Crippen molar-refractivity contribution in [2.24, 2.45) is 0 Å². The first-order chi connectivity index (χ1) is 4.66. The molecule has 0 aromatic rings.